The summed E-state index contributed by atoms with van der Waals surface area (Å²) < 4.78 is 0.955. The molecular weight excluding hydrogens is 504 g/mol. The van der Waals surface area contributed by atoms with E-state index in [9.17, 15) is 14.4 Å². The van der Waals surface area contributed by atoms with Gasteiger partial charge in [-0.3, -0.25) is 14.9 Å². The zero-order valence-electron chi connectivity index (χ0n) is 18.0. The molecule has 1 heterocycles. The zero-order chi connectivity index (χ0) is 23.7. The molecule has 3 aromatic rings. The van der Waals surface area contributed by atoms with E-state index in [2.05, 4.69) is 21.2 Å². The molecule has 0 aliphatic carbocycles. The van der Waals surface area contributed by atoms with Crippen molar-refractivity contribution in [3.8, 4) is 0 Å². The van der Waals surface area contributed by atoms with Crippen molar-refractivity contribution < 1.29 is 14.4 Å². The zero-order valence-corrected chi connectivity index (χ0v) is 20.3. The van der Waals surface area contributed by atoms with Gasteiger partial charge in [0.25, 0.3) is 11.8 Å². The van der Waals surface area contributed by atoms with Gasteiger partial charge in [-0.1, -0.05) is 69.5 Å². The van der Waals surface area contributed by atoms with Gasteiger partial charge >= 0.3 is 6.03 Å². The highest BCUT2D eigenvalue weighted by atomic mass is 79.9. The number of imide groups is 2. The fraction of sp³-hybridized carbons (Fsp3) is 0.115. The molecule has 7 heteroatoms. The van der Waals surface area contributed by atoms with E-state index in [1.807, 2.05) is 56.3 Å². The number of anilines is 1. The Labute approximate surface area is 205 Å². The van der Waals surface area contributed by atoms with E-state index in [4.69, 9.17) is 11.6 Å². The minimum absolute atomic E-state index is 0.134. The van der Waals surface area contributed by atoms with E-state index >= 15 is 0 Å². The second-order valence-corrected chi connectivity index (χ2v) is 9.15. The van der Waals surface area contributed by atoms with Crippen LogP contribution < -0.4 is 10.2 Å². The van der Waals surface area contributed by atoms with Crippen LogP contribution in [0, 0.1) is 13.8 Å². The van der Waals surface area contributed by atoms with Crippen molar-refractivity contribution in [1.82, 2.24) is 5.32 Å². The molecule has 0 radical (unpaired) electrons. The van der Waals surface area contributed by atoms with Gasteiger partial charge in [-0.2, -0.15) is 0 Å². The number of urea groups is 1. The highest BCUT2D eigenvalue weighted by Crippen LogP contribution is 2.28. The molecule has 0 bridgehead atoms. The standard InChI is InChI=1S/C26H20BrClN2O3/c1-15-7-10-23(16(2)11-15)30-25(32)21(24(31)29-26(30)33)14-19-13-20(28)9-8-17(19)12-18-5-3-4-6-22(18)27/h3-11,13-14H,12H2,1-2H3,(H,29,31,33)/b21-14+. The number of benzene rings is 3. The van der Waals surface area contributed by atoms with Crippen LogP contribution >= 0.6 is 27.5 Å². The summed E-state index contributed by atoms with van der Waals surface area (Å²) >= 11 is 9.80. The fourth-order valence-electron chi connectivity index (χ4n) is 3.80. The van der Waals surface area contributed by atoms with Gasteiger partial charge in [-0.05, 0) is 72.9 Å². The number of amides is 4. The summed E-state index contributed by atoms with van der Waals surface area (Å²) in [6.07, 6.45) is 2.06. The van der Waals surface area contributed by atoms with E-state index in [0.29, 0.717) is 22.7 Å². The molecule has 4 amide bonds. The molecule has 0 unspecified atom stereocenters. The second-order valence-electron chi connectivity index (χ2n) is 7.86. The summed E-state index contributed by atoms with van der Waals surface area (Å²) in [5, 5.41) is 2.76. The van der Waals surface area contributed by atoms with Crippen LogP contribution in [-0.2, 0) is 16.0 Å². The molecule has 0 atom stereocenters. The molecule has 1 saturated heterocycles. The van der Waals surface area contributed by atoms with Crippen LogP contribution in [0.25, 0.3) is 6.08 Å². The molecule has 1 fully saturated rings. The third kappa shape index (κ3) is 4.77. The Bertz CT molecular complexity index is 1330. The third-order valence-electron chi connectivity index (χ3n) is 5.44. The molecule has 1 aliphatic rings. The number of hydrogen-bond acceptors (Lipinski definition) is 3. The maximum atomic E-state index is 13.3. The molecule has 5 nitrogen and oxygen atoms in total. The van der Waals surface area contributed by atoms with Gasteiger partial charge in [0.1, 0.15) is 5.57 Å². The maximum Gasteiger partial charge on any atom is 0.335 e. The Morgan fingerprint density at radius 3 is 2.45 bits per heavy atom. The molecule has 0 saturated carbocycles. The first-order chi connectivity index (χ1) is 15.7. The Balaban J connectivity index is 1.77. The minimum Gasteiger partial charge on any atom is -0.273 e. The molecule has 0 aromatic heterocycles. The predicted octanol–water partition coefficient (Wildman–Crippen LogP) is 5.98. The van der Waals surface area contributed by atoms with Crippen molar-refractivity contribution >= 4 is 57.1 Å². The molecule has 0 spiro atoms. The first-order valence-electron chi connectivity index (χ1n) is 10.2. The number of rotatable bonds is 4. The fourth-order valence-corrected chi connectivity index (χ4v) is 4.40. The van der Waals surface area contributed by atoms with Crippen LogP contribution in [0.3, 0.4) is 0 Å². The number of hydrogen-bond donors (Lipinski definition) is 1. The largest absolute Gasteiger partial charge is 0.335 e. The quantitative estimate of drug-likeness (QED) is 0.338. The number of carbonyl (C=O) groups is 3. The smallest absolute Gasteiger partial charge is 0.273 e. The van der Waals surface area contributed by atoms with Crippen molar-refractivity contribution in [2.75, 3.05) is 4.90 Å². The molecule has 166 valence electrons. The highest BCUT2D eigenvalue weighted by Gasteiger charge is 2.37. The van der Waals surface area contributed by atoms with Crippen LogP contribution in [0.4, 0.5) is 10.5 Å². The summed E-state index contributed by atoms with van der Waals surface area (Å²) in [7, 11) is 0. The number of aryl methyl sites for hydroxylation is 2. The van der Waals surface area contributed by atoms with Gasteiger partial charge in [0.15, 0.2) is 0 Å². The lowest BCUT2D eigenvalue weighted by Crippen LogP contribution is -2.54. The minimum atomic E-state index is -0.770. The topological polar surface area (TPSA) is 66.5 Å². The summed E-state index contributed by atoms with van der Waals surface area (Å²) in [6.45, 7) is 3.74. The van der Waals surface area contributed by atoms with E-state index in [1.54, 1.807) is 18.2 Å². The molecule has 1 aliphatic heterocycles. The van der Waals surface area contributed by atoms with E-state index in [1.165, 1.54) is 6.08 Å². The Morgan fingerprint density at radius 2 is 1.73 bits per heavy atom. The predicted molar refractivity (Wildman–Crippen MR) is 133 cm³/mol. The van der Waals surface area contributed by atoms with Crippen LogP contribution in [-0.4, -0.2) is 17.8 Å². The number of nitrogens with zero attached hydrogens (tertiary/aromatic N) is 1. The van der Waals surface area contributed by atoms with Crippen molar-refractivity contribution in [1.29, 1.82) is 0 Å². The number of halogens is 2. The van der Waals surface area contributed by atoms with E-state index in [-0.39, 0.29) is 5.57 Å². The highest BCUT2D eigenvalue weighted by molar-refractivity contribution is 9.10. The van der Waals surface area contributed by atoms with Gasteiger partial charge in [-0.15, -0.1) is 0 Å². The van der Waals surface area contributed by atoms with Crippen LogP contribution in [0.1, 0.15) is 27.8 Å². The Hall–Kier alpha value is -3.22. The summed E-state index contributed by atoms with van der Waals surface area (Å²) in [5.41, 5.74) is 4.62. The maximum absolute atomic E-state index is 13.3. The summed E-state index contributed by atoms with van der Waals surface area (Å²) in [6, 6.07) is 17.8. The average molecular weight is 524 g/mol. The van der Waals surface area contributed by atoms with Gasteiger partial charge in [-0.25, -0.2) is 9.69 Å². The third-order valence-corrected chi connectivity index (χ3v) is 6.45. The monoisotopic (exact) mass is 522 g/mol. The first kappa shape index (κ1) is 23.0. The van der Waals surface area contributed by atoms with Gasteiger partial charge in [0.05, 0.1) is 5.69 Å². The van der Waals surface area contributed by atoms with Gasteiger partial charge < -0.3 is 0 Å². The lowest BCUT2D eigenvalue weighted by molar-refractivity contribution is -0.122. The summed E-state index contributed by atoms with van der Waals surface area (Å²) in [4.78, 5) is 39.6. The number of nitrogens with one attached hydrogen (secondary N) is 1. The Morgan fingerprint density at radius 1 is 0.970 bits per heavy atom. The molecule has 33 heavy (non-hydrogen) atoms. The van der Waals surface area contributed by atoms with Crippen LogP contribution in [0.15, 0.2) is 70.7 Å². The summed E-state index contributed by atoms with van der Waals surface area (Å²) in [5.74, 6) is -1.42. The average Bonchev–Trinajstić information content (AvgIpc) is 2.75. The Kier molecular flexibility index (Phi) is 6.49. The van der Waals surface area contributed by atoms with E-state index in [0.717, 1.165) is 31.6 Å². The van der Waals surface area contributed by atoms with Gasteiger partial charge in [0.2, 0.25) is 0 Å². The first-order valence-corrected chi connectivity index (χ1v) is 11.4. The lowest BCUT2D eigenvalue weighted by atomic mass is 9.97. The van der Waals surface area contributed by atoms with E-state index < -0.39 is 17.8 Å². The lowest BCUT2D eigenvalue weighted by Gasteiger charge is -2.27. The second kappa shape index (κ2) is 9.33. The molecule has 1 N–H and O–H groups in total. The van der Waals surface area contributed by atoms with Crippen molar-refractivity contribution in [3.05, 3.63) is 104 Å². The van der Waals surface area contributed by atoms with Crippen molar-refractivity contribution in [3.63, 3.8) is 0 Å². The molecule has 4 rings (SSSR count). The van der Waals surface area contributed by atoms with Crippen molar-refractivity contribution in [2.24, 2.45) is 0 Å². The number of carbonyl (C=O) groups excluding carboxylic acids is 3. The van der Waals surface area contributed by atoms with Crippen LogP contribution in [0.5, 0.6) is 0 Å². The van der Waals surface area contributed by atoms with Crippen molar-refractivity contribution in [2.45, 2.75) is 20.3 Å². The molecular formula is C26H20BrClN2O3. The van der Waals surface area contributed by atoms with Crippen LogP contribution in [0.2, 0.25) is 5.02 Å². The number of barbiturate groups is 1. The SMILES string of the molecule is Cc1ccc(N2C(=O)NC(=O)/C(=C\c3cc(Cl)ccc3Cc3ccccc3Br)C2=O)c(C)c1. The van der Waals surface area contributed by atoms with Gasteiger partial charge in [0, 0.05) is 9.50 Å². The molecule has 3 aromatic carbocycles. The normalized spacial score (nSPS) is 15.2.